The summed E-state index contributed by atoms with van der Waals surface area (Å²) < 4.78 is 0. The molecule has 7 heteroatoms. The Hall–Kier alpha value is -3.84. The number of benzene rings is 2. The quantitative estimate of drug-likeness (QED) is 0.414. The van der Waals surface area contributed by atoms with Crippen LogP contribution in [-0.4, -0.2) is 37.7 Å². The van der Waals surface area contributed by atoms with E-state index in [2.05, 4.69) is 27.1 Å². The monoisotopic (exact) mass is 416 g/mol. The van der Waals surface area contributed by atoms with Gasteiger partial charge in [0.2, 0.25) is 0 Å². The number of fused-ring (bicyclic) bond motifs is 1. The predicted molar refractivity (Wildman–Crippen MR) is 127 cm³/mol. The summed E-state index contributed by atoms with van der Waals surface area (Å²) in [5.41, 5.74) is 7.23. The van der Waals surface area contributed by atoms with Crippen LogP contribution in [0.4, 0.5) is 0 Å². The third-order valence-electron chi connectivity index (χ3n) is 5.22. The Morgan fingerprint density at radius 2 is 1.66 bits per heavy atom. The van der Waals surface area contributed by atoms with Crippen molar-refractivity contribution in [3.63, 3.8) is 0 Å². The van der Waals surface area contributed by atoms with Crippen LogP contribution >= 0.6 is 0 Å². The van der Waals surface area contributed by atoms with E-state index < -0.39 is 0 Å². The Morgan fingerprint density at radius 3 is 2.47 bits per heavy atom. The molecule has 6 nitrogen and oxygen atoms in total. The number of hydrogen-bond donors (Lipinski definition) is 1. The number of H-pyrrole nitrogens is 1. The van der Waals surface area contributed by atoms with Crippen LogP contribution in [0.2, 0.25) is 0 Å². The van der Waals surface area contributed by atoms with Crippen LogP contribution in [0.15, 0.2) is 79.1 Å². The molecule has 0 aliphatic rings. The average Bonchev–Trinajstić information content (AvgIpc) is 3.23. The number of rotatable bonds is 6. The highest BCUT2D eigenvalue weighted by molar-refractivity contribution is 6.04. The highest BCUT2D eigenvalue weighted by Crippen LogP contribution is 2.31. The number of nitrogens with one attached hydrogen (secondary N) is 1. The molecular weight excluding hydrogens is 395 g/mol. The molecular formula is C25H21BN6. The lowest BCUT2D eigenvalue weighted by atomic mass is 10.1. The highest BCUT2D eigenvalue weighted by atomic mass is 15.1. The van der Waals surface area contributed by atoms with Gasteiger partial charge in [-0.1, -0.05) is 42.5 Å². The first-order chi connectivity index (χ1) is 15.7. The van der Waals surface area contributed by atoms with Gasteiger partial charge in [0.25, 0.3) is 0 Å². The minimum Gasteiger partial charge on any atom is -0.344 e. The molecule has 0 spiro atoms. The molecule has 0 saturated heterocycles. The van der Waals surface area contributed by atoms with Gasteiger partial charge in [-0.3, -0.25) is 15.0 Å². The van der Waals surface area contributed by atoms with Crippen LogP contribution in [-0.2, 0) is 13.1 Å². The summed E-state index contributed by atoms with van der Waals surface area (Å²) in [5.74, 6) is 0.774. The van der Waals surface area contributed by atoms with Crippen molar-refractivity contribution in [2.24, 2.45) is 0 Å². The number of aromatic nitrogens is 5. The molecule has 0 fully saturated rings. The van der Waals surface area contributed by atoms with E-state index in [4.69, 9.17) is 17.9 Å². The number of aryl methyl sites for hydroxylation is 1. The highest BCUT2D eigenvalue weighted by Gasteiger charge is 2.17. The predicted octanol–water partition coefficient (Wildman–Crippen LogP) is 4.48. The zero-order chi connectivity index (χ0) is 21.9. The molecule has 0 unspecified atom stereocenters. The van der Waals surface area contributed by atoms with Crippen LogP contribution in [0.1, 0.15) is 17.1 Å². The fourth-order valence-corrected chi connectivity index (χ4v) is 3.75. The van der Waals surface area contributed by atoms with Gasteiger partial charge in [0, 0.05) is 36.7 Å². The lowest BCUT2D eigenvalue weighted by Crippen LogP contribution is -2.19. The van der Waals surface area contributed by atoms with Crippen molar-refractivity contribution in [1.29, 1.82) is 0 Å². The summed E-state index contributed by atoms with van der Waals surface area (Å²) >= 11 is 0. The normalized spacial score (nSPS) is 11.3. The number of hydrogen-bond acceptors (Lipinski definition) is 5. The van der Waals surface area contributed by atoms with Gasteiger partial charge in [0.05, 0.1) is 28.1 Å². The van der Waals surface area contributed by atoms with E-state index in [-0.39, 0.29) is 0 Å². The van der Waals surface area contributed by atoms with Crippen LogP contribution in [0, 0.1) is 6.92 Å². The van der Waals surface area contributed by atoms with Crippen molar-refractivity contribution in [3.8, 4) is 22.6 Å². The molecule has 32 heavy (non-hydrogen) atoms. The van der Waals surface area contributed by atoms with Gasteiger partial charge < -0.3 is 9.79 Å². The fourth-order valence-electron chi connectivity index (χ4n) is 3.75. The lowest BCUT2D eigenvalue weighted by molar-refractivity contribution is 0.432. The van der Waals surface area contributed by atoms with Crippen LogP contribution in [0.5, 0.6) is 0 Å². The van der Waals surface area contributed by atoms with Crippen molar-refractivity contribution in [2.75, 3.05) is 0 Å². The van der Waals surface area contributed by atoms with Crippen LogP contribution in [0.3, 0.4) is 0 Å². The molecule has 0 aliphatic carbocycles. The van der Waals surface area contributed by atoms with Gasteiger partial charge in [-0.25, -0.2) is 4.98 Å². The second kappa shape index (κ2) is 8.73. The summed E-state index contributed by atoms with van der Waals surface area (Å²) in [6.45, 7) is 3.08. The largest absolute Gasteiger partial charge is 0.344 e. The van der Waals surface area contributed by atoms with E-state index in [0.29, 0.717) is 13.1 Å². The SMILES string of the molecule is [B]N(Cc1ccccc1)Cc1nc(-c2ccc3nccnc3c2)c(-c2cccc(C)n2)[nH]1. The smallest absolute Gasteiger partial charge is 0.183 e. The van der Waals surface area contributed by atoms with E-state index >= 15 is 0 Å². The zero-order valence-corrected chi connectivity index (χ0v) is 17.7. The minimum atomic E-state index is 0.473. The van der Waals surface area contributed by atoms with Crippen molar-refractivity contribution in [2.45, 2.75) is 20.0 Å². The first kappa shape index (κ1) is 20.1. The van der Waals surface area contributed by atoms with Gasteiger partial charge >= 0.3 is 0 Å². The van der Waals surface area contributed by atoms with Crippen molar-refractivity contribution < 1.29 is 0 Å². The Labute approximate surface area is 187 Å². The molecule has 2 aromatic carbocycles. The zero-order valence-electron chi connectivity index (χ0n) is 17.7. The lowest BCUT2D eigenvalue weighted by Gasteiger charge is -2.15. The molecule has 0 atom stereocenters. The minimum absolute atomic E-state index is 0.473. The van der Waals surface area contributed by atoms with Crippen molar-refractivity contribution in [1.82, 2.24) is 29.7 Å². The first-order valence-corrected chi connectivity index (χ1v) is 10.4. The van der Waals surface area contributed by atoms with Gasteiger partial charge in [-0.2, -0.15) is 0 Å². The van der Waals surface area contributed by atoms with Gasteiger partial charge in [0.15, 0.2) is 7.98 Å². The Morgan fingerprint density at radius 1 is 0.844 bits per heavy atom. The summed E-state index contributed by atoms with van der Waals surface area (Å²) in [5, 5.41) is 0. The van der Waals surface area contributed by atoms with E-state index in [1.807, 2.05) is 61.5 Å². The molecule has 0 saturated carbocycles. The molecule has 5 rings (SSSR count). The third kappa shape index (κ3) is 4.29. The summed E-state index contributed by atoms with van der Waals surface area (Å²) in [6, 6.07) is 22.1. The maximum Gasteiger partial charge on any atom is 0.183 e. The molecule has 0 aliphatic heterocycles. The van der Waals surface area contributed by atoms with E-state index in [1.165, 1.54) is 0 Å². The van der Waals surface area contributed by atoms with Crippen molar-refractivity contribution >= 4 is 19.0 Å². The maximum atomic E-state index is 6.31. The molecule has 1 N–H and O–H groups in total. The Balaban J connectivity index is 1.53. The number of nitrogens with zero attached hydrogens (tertiary/aromatic N) is 5. The third-order valence-corrected chi connectivity index (χ3v) is 5.22. The van der Waals surface area contributed by atoms with Gasteiger partial charge in [0.1, 0.15) is 5.82 Å². The van der Waals surface area contributed by atoms with Crippen molar-refractivity contribution in [3.05, 3.63) is 96.2 Å². The van der Waals surface area contributed by atoms with E-state index in [0.717, 1.165) is 50.8 Å². The Bertz CT molecular complexity index is 1370. The molecule has 3 aromatic heterocycles. The van der Waals surface area contributed by atoms with Crippen LogP contribution < -0.4 is 0 Å². The number of imidazole rings is 1. The molecule has 2 radical (unpaired) electrons. The molecule has 3 heterocycles. The standard InChI is InChI=1S/C25H21BN6/c1-17-6-5-9-21(29-17)25-24(19-10-11-20-22(14-19)28-13-12-27-20)30-23(31-25)16-32(26)15-18-7-3-2-4-8-18/h2-14H,15-16H2,1H3,(H,30,31). The van der Waals surface area contributed by atoms with Gasteiger partial charge in [-0.05, 0) is 36.8 Å². The van der Waals surface area contributed by atoms with Crippen LogP contribution in [0.25, 0.3) is 33.7 Å². The molecule has 5 aromatic rings. The van der Waals surface area contributed by atoms with E-state index in [1.54, 1.807) is 17.2 Å². The summed E-state index contributed by atoms with van der Waals surface area (Å²) in [7, 11) is 6.31. The number of pyridine rings is 1. The fraction of sp³-hybridized carbons (Fsp3) is 0.120. The maximum absolute atomic E-state index is 6.31. The number of aromatic amines is 1. The Kier molecular flexibility index (Phi) is 5.48. The molecule has 154 valence electrons. The second-order valence-electron chi connectivity index (χ2n) is 7.72. The summed E-state index contributed by atoms with van der Waals surface area (Å²) in [6.07, 6.45) is 3.39. The second-order valence-corrected chi connectivity index (χ2v) is 7.72. The average molecular weight is 416 g/mol. The summed E-state index contributed by atoms with van der Waals surface area (Å²) in [4.78, 5) is 23.6. The topological polar surface area (TPSA) is 70.6 Å². The van der Waals surface area contributed by atoms with E-state index in [9.17, 15) is 0 Å². The molecule has 0 amide bonds. The first-order valence-electron chi connectivity index (χ1n) is 10.4. The van der Waals surface area contributed by atoms with Gasteiger partial charge in [-0.15, -0.1) is 0 Å². The molecule has 0 bridgehead atoms.